The number of rotatable bonds is 3. The Hall–Kier alpha value is -2.11. The summed E-state index contributed by atoms with van der Waals surface area (Å²) in [6.07, 6.45) is 2.79. The highest BCUT2D eigenvalue weighted by atomic mass is 16.4. The molecule has 0 aromatic carbocycles. The third-order valence-corrected chi connectivity index (χ3v) is 4.16. The molecule has 0 unspecified atom stereocenters. The number of piperidine rings is 1. The Morgan fingerprint density at radius 2 is 2.23 bits per heavy atom. The Morgan fingerprint density at radius 3 is 2.86 bits per heavy atom. The van der Waals surface area contributed by atoms with Gasteiger partial charge in [0.15, 0.2) is 5.76 Å². The predicted molar refractivity (Wildman–Crippen MR) is 81.8 cm³/mol. The van der Waals surface area contributed by atoms with Gasteiger partial charge in [0, 0.05) is 19.5 Å². The fraction of sp³-hybridized carbons (Fsp3) is 0.562. The summed E-state index contributed by atoms with van der Waals surface area (Å²) in [5, 5.41) is 4.46. The third kappa shape index (κ3) is 2.77. The smallest absolute Gasteiger partial charge is 0.289 e. The molecule has 1 fully saturated rings. The van der Waals surface area contributed by atoms with E-state index in [1.165, 1.54) is 0 Å². The van der Waals surface area contributed by atoms with Crippen LogP contribution in [-0.4, -0.2) is 38.7 Å². The number of nitrogens with zero attached hydrogens (tertiary/aromatic N) is 4. The molecule has 3 rings (SSSR count). The zero-order chi connectivity index (χ0) is 15.7. The van der Waals surface area contributed by atoms with Crippen molar-refractivity contribution in [2.45, 2.75) is 46.1 Å². The second kappa shape index (κ2) is 5.94. The third-order valence-electron chi connectivity index (χ3n) is 4.16. The van der Waals surface area contributed by atoms with Gasteiger partial charge in [-0.3, -0.25) is 4.79 Å². The highest BCUT2D eigenvalue weighted by Gasteiger charge is 2.28. The molecule has 1 saturated heterocycles. The van der Waals surface area contributed by atoms with Gasteiger partial charge in [-0.1, -0.05) is 6.92 Å². The highest BCUT2D eigenvalue weighted by molar-refractivity contribution is 5.91. The zero-order valence-corrected chi connectivity index (χ0v) is 13.4. The van der Waals surface area contributed by atoms with E-state index in [9.17, 15) is 4.79 Å². The minimum Gasteiger partial charge on any atom is -0.456 e. The number of aromatic nitrogens is 3. The lowest BCUT2D eigenvalue weighted by atomic mass is 10.1. The molecule has 0 saturated carbocycles. The van der Waals surface area contributed by atoms with Gasteiger partial charge in [0.05, 0.1) is 6.04 Å². The van der Waals surface area contributed by atoms with Crippen LogP contribution >= 0.6 is 0 Å². The van der Waals surface area contributed by atoms with Gasteiger partial charge >= 0.3 is 0 Å². The molecule has 1 aliphatic rings. The largest absolute Gasteiger partial charge is 0.456 e. The van der Waals surface area contributed by atoms with E-state index < -0.39 is 0 Å². The fourth-order valence-corrected chi connectivity index (χ4v) is 3.06. The summed E-state index contributed by atoms with van der Waals surface area (Å²) in [5.41, 5.74) is 0. The van der Waals surface area contributed by atoms with Crippen molar-refractivity contribution in [3.8, 4) is 0 Å². The molecule has 6 heteroatoms. The van der Waals surface area contributed by atoms with Crippen LogP contribution < -0.4 is 0 Å². The van der Waals surface area contributed by atoms with Gasteiger partial charge in [0.2, 0.25) is 0 Å². The lowest BCUT2D eigenvalue weighted by Gasteiger charge is -2.32. The SMILES string of the molecule is CCc1ccc(C(=O)N2CCC[C@H](n3nc(C)nc3C)C2)o1. The van der Waals surface area contributed by atoms with Crippen molar-refractivity contribution in [1.29, 1.82) is 0 Å². The van der Waals surface area contributed by atoms with E-state index >= 15 is 0 Å². The molecule has 0 spiro atoms. The number of hydrogen-bond donors (Lipinski definition) is 0. The Morgan fingerprint density at radius 1 is 1.41 bits per heavy atom. The second-order valence-corrected chi connectivity index (χ2v) is 5.82. The first-order valence-corrected chi connectivity index (χ1v) is 7.86. The number of likely N-dealkylation sites (tertiary alicyclic amines) is 1. The lowest BCUT2D eigenvalue weighted by molar-refractivity contribution is 0.0637. The van der Waals surface area contributed by atoms with Crippen LogP contribution in [0.2, 0.25) is 0 Å². The van der Waals surface area contributed by atoms with Gasteiger partial charge in [-0.25, -0.2) is 9.67 Å². The molecule has 22 heavy (non-hydrogen) atoms. The number of aryl methyl sites for hydroxylation is 3. The van der Waals surface area contributed by atoms with Gasteiger partial charge in [-0.05, 0) is 38.8 Å². The van der Waals surface area contributed by atoms with E-state index in [2.05, 4.69) is 10.1 Å². The zero-order valence-electron chi connectivity index (χ0n) is 13.4. The van der Waals surface area contributed by atoms with Crippen LogP contribution in [0.1, 0.15) is 53.8 Å². The van der Waals surface area contributed by atoms with Crippen molar-refractivity contribution in [3.05, 3.63) is 35.3 Å². The lowest BCUT2D eigenvalue weighted by Crippen LogP contribution is -2.41. The number of amides is 1. The fourth-order valence-electron chi connectivity index (χ4n) is 3.06. The summed E-state index contributed by atoms with van der Waals surface area (Å²) >= 11 is 0. The highest BCUT2D eigenvalue weighted by Crippen LogP contribution is 2.24. The molecule has 0 aliphatic carbocycles. The summed E-state index contributed by atoms with van der Waals surface area (Å²) in [6.45, 7) is 7.29. The average Bonchev–Trinajstić information content (AvgIpc) is 3.13. The molecule has 3 heterocycles. The van der Waals surface area contributed by atoms with Crippen LogP contribution in [-0.2, 0) is 6.42 Å². The van der Waals surface area contributed by atoms with E-state index in [-0.39, 0.29) is 11.9 Å². The summed E-state index contributed by atoms with van der Waals surface area (Å²) in [4.78, 5) is 18.8. The van der Waals surface area contributed by atoms with Crippen LogP contribution in [0.25, 0.3) is 0 Å². The molecule has 6 nitrogen and oxygen atoms in total. The predicted octanol–water partition coefficient (Wildman–Crippen LogP) is 2.53. The minimum atomic E-state index is -0.0288. The molecule has 2 aromatic rings. The monoisotopic (exact) mass is 302 g/mol. The van der Waals surface area contributed by atoms with E-state index in [1.54, 1.807) is 6.07 Å². The number of hydrogen-bond acceptors (Lipinski definition) is 4. The number of furan rings is 1. The molecule has 0 radical (unpaired) electrons. The maximum atomic E-state index is 12.6. The normalized spacial score (nSPS) is 18.7. The quantitative estimate of drug-likeness (QED) is 0.874. The van der Waals surface area contributed by atoms with E-state index in [1.807, 2.05) is 36.4 Å². The number of carbonyl (C=O) groups excluding carboxylic acids is 1. The molecule has 0 N–H and O–H groups in total. The molecule has 1 amide bonds. The van der Waals surface area contributed by atoms with Gasteiger partial charge in [0.1, 0.15) is 17.4 Å². The summed E-state index contributed by atoms with van der Waals surface area (Å²) < 4.78 is 7.54. The topological polar surface area (TPSA) is 64.2 Å². The van der Waals surface area contributed by atoms with Crippen LogP contribution in [0.15, 0.2) is 16.5 Å². The van der Waals surface area contributed by atoms with Crippen molar-refractivity contribution >= 4 is 5.91 Å². The van der Waals surface area contributed by atoms with Gasteiger partial charge < -0.3 is 9.32 Å². The summed E-state index contributed by atoms with van der Waals surface area (Å²) in [6, 6.07) is 3.84. The summed E-state index contributed by atoms with van der Waals surface area (Å²) in [7, 11) is 0. The Labute approximate surface area is 130 Å². The van der Waals surface area contributed by atoms with E-state index in [4.69, 9.17) is 4.42 Å². The Bertz CT molecular complexity index is 673. The maximum absolute atomic E-state index is 12.6. The Balaban J connectivity index is 1.75. The number of carbonyl (C=O) groups is 1. The van der Waals surface area contributed by atoms with Crippen molar-refractivity contribution in [2.24, 2.45) is 0 Å². The first-order valence-electron chi connectivity index (χ1n) is 7.86. The van der Waals surface area contributed by atoms with Gasteiger partial charge in [-0.2, -0.15) is 5.10 Å². The second-order valence-electron chi connectivity index (χ2n) is 5.82. The molecular weight excluding hydrogens is 280 g/mol. The molecule has 0 bridgehead atoms. The molecule has 1 aliphatic heterocycles. The van der Waals surface area contributed by atoms with E-state index in [0.29, 0.717) is 12.3 Å². The van der Waals surface area contributed by atoms with Crippen molar-refractivity contribution in [3.63, 3.8) is 0 Å². The van der Waals surface area contributed by atoms with Crippen LogP contribution in [0.5, 0.6) is 0 Å². The van der Waals surface area contributed by atoms with Crippen molar-refractivity contribution in [1.82, 2.24) is 19.7 Å². The maximum Gasteiger partial charge on any atom is 0.289 e. The minimum absolute atomic E-state index is 0.0288. The van der Waals surface area contributed by atoms with Crippen LogP contribution in [0, 0.1) is 13.8 Å². The average molecular weight is 302 g/mol. The molecule has 2 aromatic heterocycles. The van der Waals surface area contributed by atoms with Gasteiger partial charge in [-0.15, -0.1) is 0 Å². The van der Waals surface area contributed by atoms with E-state index in [0.717, 1.165) is 43.2 Å². The summed E-state index contributed by atoms with van der Waals surface area (Å²) in [5.74, 6) is 2.94. The first kappa shape index (κ1) is 14.8. The van der Waals surface area contributed by atoms with Gasteiger partial charge in [0.25, 0.3) is 5.91 Å². The van der Waals surface area contributed by atoms with Crippen LogP contribution in [0.4, 0.5) is 0 Å². The van der Waals surface area contributed by atoms with Crippen molar-refractivity contribution in [2.75, 3.05) is 13.1 Å². The first-order chi connectivity index (χ1) is 10.6. The standard InChI is InChI=1S/C16H22N4O2/c1-4-14-7-8-15(22-14)16(21)19-9-5-6-13(10-19)20-12(3)17-11(2)18-20/h7-8,13H,4-6,9-10H2,1-3H3/t13-/m0/s1. The molecule has 1 atom stereocenters. The van der Waals surface area contributed by atoms with Crippen LogP contribution in [0.3, 0.4) is 0 Å². The molecule has 118 valence electrons. The molecular formula is C16H22N4O2. The van der Waals surface area contributed by atoms with Crippen molar-refractivity contribution < 1.29 is 9.21 Å². The Kier molecular flexibility index (Phi) is 4.00.